The Morgan fingerprint density at radius 3 is 2.44 bits per heavy atom. The second-order valence-electron chi connectivity index (χ2n) is 3.84. The molecule has 98 valence electrons. The molecule has 0 aromatic rings. The Morgan fingerprint density at radius 1 is 1.12 bits per heavy atom. The summed E-state index contributed by atoms with van der Waals surface area (Å²) in [6.07, 6.45) is 2.28. The van der Waals surface area contributed by atoms with E-state index in [0.717, 1.165) is 26.1 Å². The third kappa shape index (κ3) is 8.05. The fraction of sp³-hybridized carbons (Fsp3) is 1.00. The Hall–Kier alpha value is -0.160. The number of likely N-dealkylation sites (N-methyl/N-ethyl adjacent to an activating group) is 1. The molecule has 0 radical (unpaired) electrons. The van der Waals surface area contributed by atoms with E-state index >= 15 is 0 Å². The highest BCUT2D eigenvalue weighted by Gasteiger charge is 2.12. The standard InChI is InChI=1S/C12H27NO3/c1-5-12(13-3)11(2)16-8-6-7-15-10-9-14-4/h11-13H,5-10H2,1-4H3. The largest absolute Gasteiger partial charge is 0.382 e. The highest BCUT2D eigenvalue weighted by atomic mass is 16.5. The molecule has 0 saturated heterocycles. The highest BCUT2D eigenvalue weighted by Crippen LogP contribution is 2.03. The molecule has 0 heterocycles. The van der Waals surface area contributed by atoms with Gasteiger partial charge in [0.15, 0.2) is 0 Å². The van der Waals surface area contributed by atoms with Crippen molar-refractivity contribution in [1.82, 2.24) is 5.32 Å². The van der Waals surface area contributed by atoms with Crippen LogP contribution in [0.5, 0.6) is 0 Å². The van der Waals surface area contributed by atoms with Crippen LogP contribution in [0, 0.1) is 0 Å². The molecule has 2 unspecified atom stereocenters. The van der Waals surface area contributed by atoms with Crippen LogP contribution in [0.15, 0.2) is 0 Å². The van der Waals surface area contributed by atoms with E-state index in [2.05, 4.69) is 19.2 Å². The van der Waals surface area contributed by atoms with Gasteiger partial charge in [-0.1, -0.05) is 6.92 Å². The molecule has 2 atom stereocenters. The maximum Gasteiger partial charge on any atom is 0.0700 e. The first-order chi connectivity index (χ1) is 7.76. The fourth-order valence-electron chi connectivity index (χ4n) is 1.56. The smallest absolute Gasteiger partial charge is 0.0700 e. The van der Waals surface area contributed by atoms with Crippen molar-refractivity contribution in [3.8, 4) is 0 Å². The normalized spacial score (nSPS) is 15.0. The van der Waals surface area contributed by atoms with Crippen LogP contribution in [0.1, 0.15) is 26.7 Å². The average Bonchev–Trinajstić information content (AvgIpc) is 2.29. The summed E-state index contributed by atoms with van der Waals surface area (Å²) >= 11 is 0. The minimum absolute atomic E-state index is 0.258. The average molecular weight is 233 g/mol. The second kappa shape index (κ2) is 11.3. The van der Waals surface area contributed by atoms with Crippen molar-refractivity contribution >= 4 is 0 Å². The van der Waals surface area contributed by atoms with Crippen LogP contribution in [0.2, 0.25) is 0 Å². The van der Waals surface area contributed by atoms with E-state index in [-0.39, 0.29) is 6.10 Å². The van der Waals surface area contributed by atoms with E-state index in [1.165, 1.54) is 0 Å². The van der Waals surface area contributed by atoms with Crippen molar-refractivity contribution in [3.05, 3.63) is 0 Å². The van der Waals surface area contributed by atoms with Gasteiger partial charge in [-0.15, -0.1) is 0 Å². The van der Waals surface area contributed by atoms with E-state index in [1.54, 1.807) is 7.11 Å². The summed E-state index contributed by atoms with van der Waals surface area (Å²) < 4.78 is 15.9. The third-order valence-corrected chi connectivity index (χ3v) is 2.62. The first kappa shape index (κ1) is 15.8. The van der Waals surface area contributed by atoms with Crippen LogP contribution in [0.3, 0.4) is 0 Å². The molecule has 1 N–H and O–H groups in total. The zero-order valence-corrected chi connectivity index (χ0v) is 11.1. The molecule has 0 aliphatic carbocycles. The predicted molar refractivity (Wildman–Crippen MR) is 65.9 cm³/mol. The van der Waals surface area contributed by atoms with Gasteiger partial charge in [0.25, 0.3) is 0 Å². The van der Waals surface area contributed by atoms with Gasteiger partial charge in [-0.05, 0) is 26.8 Å². The topological polar surface area (TPSA) is 39.7 Å². The first-order valence-electron chi connectivity index (χ1n) is 6.11. The SMILES string of the molecule is CCC(NC)C(C)OCCCOCCOC. The van der Waals surface area contributed by atoms with Gasteiger partial charge in [0.2, 0.25) is 0 Å². The Morgan fingerprint density at radius 2 is 1.88 bits per heavy atom. The number of rotatable bonds is 11. The van der Waals surface area contributed by atoms with Gasteiger partial charge in [-0.2, -0.15) is 0 Å². The van der Waals surface area contributed by atoms with Crippen molar-refractivity contribution in [1.29, 1.82) is 0 Å². The molecule has 4 nitrogen and oxygen atoms in total. The van der Waals surface area contributed by atoms with Gasteiger partial charge in [0.1, 0.15) is 0 Å². The molecule has 4 heteroatoms. The predicted octanol–water partition coefficient (Wildman–Crippen LogP) is 1.44. The van der Waals surface area contributed by atoms with E-state index in [1.807, 2.05) is 7.05 Å². The Kier molecular flexibility index (Phi) is 11.2. The number of hydrogen-bond acceptors (Lipinski definition) is 4. The fourth-order valence-corrected chi connectivity index (χ4v) is 1.56. The van der Waals surface area contributed by atoms with Crippen LogP contribution in [-0.2, 0) is 14.2 Å². The summed E-state index contributed by atoms with van der Waals surface area (Å²) in [5, 5.41) is 3.25. The molecular formula is C12H27NO3. The molecule has 0 aliphatic heterocycles. The lowest BCUT2D eigenvalue weighted by molar-refractivity contribution is 0.0161. The first-order valence-corrected chi connectivity index (χ1v) is 6.11. The number of hydrogen-bond donors (Lipinski definition) is 1. The third-order valence-electron chi connectivity index (χ3n) is 2.62. The van der Waals surface area contributed by atoms with Crippen molar-refractivity contribution in [2.24, 2.45) is 0 Å². The zero-order valence-electron chi connectivity index (χ0n) is 11.1. The summed E-state index contributed by atoms with van der Waals surface area (Å²) in [5.74, 6) is 0. The quantitative estimate of drug-likeness (QED) is 0.548. The van der Waals surface area contributed by atoms with E-state index < -0.39 is 0 Å². The molecule has 16 heavy (non-hydrogen) atoms. The lowest BCUT2D eigenvalue weighted by Crippen LogP contribution is -2.37. The van der Waals surface area contributed by atoms with Gasteiger partial charge in [-0.3, -0.25) is 0 Å². The van der Waals surface area contributed by atoms with E-state index in [9.17, 15) is 0 Å². The Labute approximate surface area is 99.6 Å². The van der Waals surface area contributed by atoms with Crippen molar-refractivity contribution in [2.75, 3.05) is 40.6 Å². The Balaban J connectivity index is 3.30. The van der Waals surface area contributed by atoms with Crippen LogP contribution >= 0.6 is 0 Å². The van der Waals surface area contributed by atoms with Crippen LogP contribution in [0.4, 0.5) is 0 Å². The zero-order chi connectivity index (χ0) is 12.2. The molecule has 0 aliphatic rings. The summed E-state index contributed by atoms with van der Waals surface area (Å²) in [6, 6.07) is 0.439. The molecule has 0 bridgehead atoms. The van der Waals surface area contributed by atoms with Gasteiger partial charge in [0.05, 0.1) is 19.3 Å². The number of ether oxygens (including phenoxy) is 3. The molecule has 0 aromatic heterocycles. The van der Waals surface area contributed by atoms with Crippen LogP contribution in [0.25, 0.3) is 0 Å². The Bertz CT molecular complexity index is 140. The second-order valence-corrected chi connectivity index (χ2v) is 3.84. The van der Waals surface area contributed by atoms with Gasteiger partial charge >= 0.3 is 0 Å². The van der Waals surface area contributed by atoms with Crippen molar-refractivity contribution < 1.29 is 14.2 Å². The molecule has 0 spiro atoms. The monoisotopic (exact) mass is 233 g/mol. The van der Waals surface area contributed by atoms with Gasteiger partial charge < -0.3 is 19.5 Å². The van der Waals surface area contributed by atoms with Gasteiger partial charge in [0, 0.05) is 26.4 Å². The molecule has 0 aromatic carbocycles. The molecule has 0 fully saturated rings. The van der Waals surface area contributed by atoms with Crippen molar-refractivity contribution in [2.45, 2.75) is 38.8 Å². The van der Waals surface area contributed by atoms with Gasteiger partial charge in [-0.25, -0.2) is 0 Å². The molecule has 0 saturated carbocycles. The lowest BCUT2D eigenvalue weighted by Gasteiger charge is -2.22. The summed E-state index contributed by atoms with van der Waals surface area (Å²) in [6.45, 7) is 7.10. The van der Waals surface area contributed by atoms with E-state index in [0.29, 0.717) is 19.3 Å². The van der Waals surface area contributed by atoms with Crippen LogP contribution in [-0.4, -0.2) is 52.7 Å². The summed E-state index contributed by atoms with van der Waals surface area (Å²) in [7, 11) is 3.65. The molecular weight excluding hydrogens is 206 g/mol. The maximum atomic E-state index is 5.72. The lowest BCUT2D eigenvalue weighted by atomic mass is 10.1. The minimum atomic E-state index is 0.258. The highest BCUT2D eigenvalue weighted by molar-refractivity contribution is 4.69. The number of methoxy groups -OCH3 is 1. The molecule has 0 amide bonds. The van der Waals surface area contributed by atoms with Crippen LogP contribution < -0.4 is 5.32 Å². The summed E-state index contributed by atoms with van der Waals surface area (Å²) in [5.41, 5.74) is 0. The number of nitrogens with one attached hydrogen (secondary N) is 1. The molecule has 0 rings (SSSR count). The van der Waals surface area contributed by atoms with E-state index in [4.69, 9.17) is 14.2 Å². The maximum absolute atomic E-state index is 5.72. The summed E-state index contributed by atoms with van der Waals surface area (Å²) in [4.78, 5) is 0. The minimum Gasteiger partial charge on any atom is -0.382 e. The van der Waals surface area contributed by atoms with Crippen molar-refractivity contribution in [3.63, 3.8) is 0 Å².